The van der Waals surface area contributed by atoms with Crippen LogP contribution < -0.4 is 0 Å². The molecular formula is C16H24O3. The second-order valence-electron chi connectivity index (χ2n) is 5.04. The van der Waals surface area contributed by atoms with Crippen molar-refractivity contribution < 1.29 is 15.0 Å². The topological polar surface area (TPSA) is 57.5 Å². The molecule has 0 spiro atoms. The minimum atomic E-state index is -0.686. The smallest absolute Gasteiger partial charge is 0.303 e. The standard InChI is InChI=1S/C16H24O3/c17-15-12-10-14(11-13-15)8-6-4-2-1-3-5-7-9-16(18)19/h10-13,17H,1-9H2,(H,18,19). The largest absolute Gasteiger partial charge is 0.508 e. The van der Waals surface area contributed by atoms with Crippen molar-refractivity contribution in [3.8, 4) is 5.75 Å². The number of carboxylic acids is 1. The summed E-state index contributed by atoms with van der Waals surface area (Å²) in [6.45, 7) is 0. The molecule has 0 heterocycles. The Bertz CT molecular complexity index is 357. The molecule has 0 radical (unpaired) electrons. The van der Waals surface area contributed by atoms with Crippen molar-refractivity contribution in [1.29, 1.82) is 0 Å². The van der Waals surface area contributed by atoms with Gasteiger partial charge in [-0.25, -0.2) is 0 Å². The fourth-order valence-electron chi connectivity index (χ4n) is 2.15. The van der Waals surface area contributed by atoms with Crippen molar-refractivity contribution >= 4 is 5.97 Å². The van der Waals surface area contributed by atoms with E-state index in [4.69, 9.17) is 10.2 Å². The van der Waals surface area contributed by atoms with Gasteiger partial charge < -0.3 is 10.2 Å². The van der Waals surface area contributed by atoms with Gasteiger partial charge >= 0.3 is 5.97 Å². The van der Waals surface area contributed by atoms with Crippen LogP contribution >= 0.6 is 0 Å². The molecule has 2 N–H and O–H groups in total. The van der Waals surface area contributed by atoms with E-state index in [-0.39, 0.29) is 0 Å². The van der Waals surface area contributed by atoms with Crippen LogP contribution in [0.25, 0.3) is 0 Å². The number of carboxylic acid groups (broad SMARTS) is 1. The van der Waals surface area contributed by atoms with Gasteiger partial charge in [0.1, 0.15) is 5.75 Å². The molecule has 0 aliphatic heterocycles. The number of phenols is 1. The summed E-state index contributed by atoms with van der Waals surface area (Å²) in [5.41, 5.74) is 1.28. The number of phenolic OH excluding ortho intramolecular Hbond substituents is 1. The fraction of sp³-hybridized carbons (Fsp3) is 0.562. The van der Waals surface area contributed by atoms with Gasteiger partial charge in [-0.1, -0.05) is 44.2 Å². The normalized spacial score (nSPS) is 10.5. The Balaban J connectivity index is 1.91. The molecular weight excluding hydrogens is 240 g/mol. The van der Waals surface area contributed by atoms with Crippen molar-refractivity contribution in [2.75, 3.05) is 0 Å². The van der Waals surface area contributed by atoms with Gasteiger partial charge in [-0.2, -0.15) is 0 Å². The monoisotopic (exact) mass is 264 g/mol. The molecule has 0 saturated heterocycles. The van der Waals surface area contributed by atoms with Gasteiger partial charge in [-0.15, -0.1) is 0 Å². The zero-order valence-electron chi connectivity index (χ0n) is 11.5. The Morgan fingerprint density at radius 3 is 1.95 bits per heavy atom. The Labute approximate surface area is 115 Å². The highest BCUT2D eigenvalue weighted by Gasteiger charge is 1.97. The highest BCUT2D eigenvalue weighted by molar-refractivity contribution is 5.66. The van der Waals surface area contributed by atoms with Crippen LogP contribution in [0, 0.1) is 0 Å². The number of hydrogen-bond acceptors (Lipinski definition) is 2. The molecule has 0 fully saturated rings. The van der Waals surface area contributed by atoms with Crippen LogP contribution in [0.2, 0.25) is 0 Å². The maximum absolute atomic E-state index is 10.3. The molecule has 0 bridgehead atoms. The first-order chi connectivity index (χ1) is 9.18. The van der Waals surface area contributed by atoms with Gasteiger partial charge in [-0.3, -0.25) is 4.79 Å². The predicted molar refractivity (Wildman–Crippen MR) is 76.4 cm³/mol. The maximum Gasteiger partial charge on any atom is 0.303 e. The van der Waals surface area contributed by atoms with E-state index in [2.05, 4.69) is 0 Å². The predicted octanol–water partition coefficient (Wildman–Crippen LogP) is 4.14. The highest BCUT2D eigenvalue weighted by atomic mass is 16.4. The first kappa shape index (κ1) is 15.5. The third-order valence-corrected chi connectivity index (χ3v) is 3.29. The maximum atomic E-state index is 10.3. The number of aliphatic carboxylic acids is 1. The second-order valence-corrected chi connectivity index (χ2v) is 5.04. The van der Waals surface area contributed by atoms with Crippen LogP contribution in [-0.2, 0) is 11.2 Å². The zero-order valence-corrected chi connectivity index (χ0v) is 11.5. The van der Waals surface area contributed by atoms with Crippen LogP contribution in [0.15, 0.2) is 24.3 Å². The van der Waals surface area contributed by atoms with Crippen LogP contribution in [0.1, 0.15) is 56.9 Å². The summed E-state index contributed by atoms with van der Waals surface area (Å²) in [4.78, 5) is 10.3. The minimum absolute atomic E-state index is 0.306. The van der Waals surface area contributed by atoms with E-state index in [1.807, 2.05) is 12.1 Å². The average Bonchev–Trinajstić information content (AvgIpc) is 2.38. The third-order valence-electron chi connectivity index (χ3n) is 3.29. The van der Waals surface area contributed by atoms with Crippen LogP contribution in [-0.4, -0.2) is 16.2 Å². The van der Waals surface area contributed by atoms with Gasteiger partial charge in [0.05, 0.1) is 0 Å². The number of aryl methyl sites for hydroxylation is 1. The third kappa shape index (κ3) is 8.25. The number of hydrogen-bond donors (Lipinski definition) is 2. The van der Waals surface area contributed by atoms with Gasteiger partial charge in [0.15, 0.2) is 0 Å². The summed E-state index contributed by atoms with van der Waals surface area (Å²) in [6, 6.07) is 7.41. The van der Waals surface area contributed by atoms with Gasteiger partial charge in [0, 0.05) is 6.42 Å². The summed E-state index contributed by atoms with van der Waals surface area (Å²) < 4.78 is 0. The van der Waals surface area contributed by atoms with Crippen LogP contribution in [0.5, 0.6) is 5.75 Å². The quantitative estimate of drug-likeness (QED) is 0.624. The molecule has 0 amide bonds. The lowest BCUT2D eigenvalue weighted by Crippen LogP contribution is -1.93. The molecule has 1 aromatic rings. The number of benzene rings is 1. The number of unbranched alkanes of at least 4 members (excludes halogenated alkanes) is 6. The van der Waals surface area contributed by atoms with E-state index in [1.165, 1.54) is 31.2 Å². The lowest BCUT2D eigenvalue weighted by Gasteiger charge is -2.03. The highest BCUT2D eigenvalue weighted by Crippen LogP contribution is 2.14. The molecule has 19 heavy (non-hydrogen) atoms. The van der Waals surface area contributed by atoms with Crippen molar-refractivity contribution in [2.24, 2.45) is 0 Å². The molecule has 0 aliphatic carbocycles. The molecule has 0 aromatic heterocycles. The van der Waals surface area contributed by atoms with E-state index in [0.717, 1.165) is 25.7 Å². The van der Waals surface area contributed by atoms with E-state index in [0.29, 0.717) is 12.2 Å². The fourth-order valence-corrected chi connectivity index (χ4v) is 2.15. The molecule has 0 unspecified atom stereocenters. The lowest BCUT2D eigenvalue weighted by molar-refractivity contribution is -0.137. The van der Waals surface area contributed by atoms with E-state index in [9.17, 15) is 4.79 Å². The van der Waals surface area contributed by atoms with Crippen LogP contribution in [0.3, 0.4) is 0 Å². The number of rotatable bonds is 10. The SMILES string of the molecule is O=C(O)CCCCCCCCCc1ccc(O)cc1. The summed E-state index contributed by atoms with van der Waals surface area (Å²) in [5.74, 6) is -0.362. The summed E-state index contributed by atoms with van der Waals surface area (Å²) in [6.07, 6.45) is 9.19. The summed E-state index contributed by atoms with van der Waals surface area (Å²) in [7, 11) is 0. The lowest BCUT2D eigenvalue weighted by atomic mass is 10.0. The first-order valence-electron chi connectivity index (χ1n) is 7.18. The summed E-state index contributed by atoms with van der Waals surface area (Å²) >= 11 is 0. The molecule has 1 rings (SSSR count). The van der Waals surface area contributed by atoms with Crippen molar-refractivity contribution in [3.05, 3.63) is 29.8 Å². The van der Waals surface area contributed by atoms with Gasteiger partial charge in [0.25, 0.3) is 0 Å². The summed E-state index contributed by atoms with van der Waals surface area (Å²) in [5, 5.41) is 17.7. The van der Waals surface area contributed by atoms with E-state index in [1.54, 1.807) is 12.1 Å². The van der Waals surface area contributed by atoms with Crippen molar-refractivity contribution in [2.45, 2.75) is 57.8 Å². The van der Waals surface area contributed by atoms with Crippen molar-refractivity contribution in [1.82, 2.24) is 0 Å². The molecule has 3 nitrogen and oxygen atoms in total. The zero-order chi connectivity index (χ0) is 13.9. The Morgan fingerprint density at radius 2 is 1.37 bits per heavy atom. The molecule has 106 valence electrons. The van der Waals surface area contributed by atoms with Gasteiger partial charge in [-0.05, 0) is 37.0 Å². The van der Waals surface area contributed by atoms with E-state index >= 15 is 0 Å². The number of aromatic hydroxyl groups is 1. The average molecular weight is 264 g/mol. The Hall–Kier alpha value is -1.51. The van der Waals surface area contributed by atoms with Crippen LogP contribution in [0.4, 0.5) is 0 Å². The van der Waals surface area contributed by atoms with Crippen molar-refractivity contribution in [3.63, 3.8) is 0 Å². The molecule has 3 heteroatoms. The first-order valence-corrected chi connectivity index (χ1v) is 7.18. The molecule has 0 atom stereocenters. The second kappa shape index (κ2) is 9.42. The minimum Gasteiger partial charge on any atom is -0.508 e. The Kier molecular flexibility index (Phi) is 7.71. The molecule has 1 aromatic carbocycles. The molecule has 0 aliphatic rings. The van der Waals surface area contributed by atoms with E-state index < -0.39 is 5.97 Å². The number of carbonyl (C=O) groups is 1. The molecule has 0 saturated carbocycles. The van der Waals surface area contributed by atoms with Gasteiger partial charge in [0.2, 0.25) is 0 Å². The Morgan fingerprint density at radius 1 is 0.842 bits per heavy atom.